The monoisotopic (exact) mass is 287 g/mol. The van der Waals surface area contributed by atoms with Gasteiger partial charge in [0.15, 0.2) is 0 Å². The number of carbonyl (C=O) groups excluding carboxylic acids is 3. The topological polar surface area (TPSA) is 78.5 Å². The van der Waals surface area contributed by atoms with Gasteiger partial charge in [-0.2, -0.15) is 0 Å². The smallest absolute Gasteiger partial charge is 0.261 e. The fourth-order valence-corrected chi connectivity index (χ4v) is 2.75. The lowest BCUT2D eigenvalue weighted by atomic mass is 10.0. The fraction of sp³-hybridized carbons (Fsp3) is 0.400. The van der Waals surface area contributed by atoms with Crippen LogP contribution in [0.25, 0.3) is 0 Å². The first-order valence-corrected chi connectivity index (χ1v) is 7.06. The van der Waals surface area contributed by atoms with Crippen LogP contribution in [0.4, 0.5) is 0 Å². The second-order valence-electron chi connectivity index (χ2n) is 5.45. The van der Waals surface area contributed by atoms with E-state index in [0.717, 1.165) is 30.8 Å². The summed E-state index contributed by atoms with van der Waals surface area (Å²) in [7, 11) is 1.44. The third-order valence-electron chi connectivity index (χ3n) is 3.98. The number of hydrogen-bond donors (Lipinski definition) is 2. The second-order valence-corrected chi connectivity index (χ2v) is 5.45. The summed E-state index contributed by atoms with van der Waals surface area (Å²) in [5.41, 5.74) is 1.08. The maximum atomic E-state index is 12.2. The van der Waals surface area contributed by atoms with Crippen molar-refractivity contribution in [2.24, 2.45) is 0 Å². The fourth-order valence-electron chi connectivity index (χ4n) is 2.75. The van der Waals surface area contributed by atoms with E-state index in [9.17, 15) is 14.4 Å². The Labute approximate surface area is 122 Å². The standard InChI is InChI=1S/C15H17N3O3/c1-18-14(20)11-5-4-9(7-12(11)15(18)21)13(19)17-10-3-2-6-16-8-10/h4-5,7,10,16H,2-3,6,8H2,1H3,(H,17,19)/t10-/m0/s1. The van der Waals surface area contributed by atoms with Gasteiger partial charge in [0.05, 0.1) is 11.1 Å². The molecule has 0 unspecified atom stereocenters. The lowest BCUT2D eigenvalue weighted by Gasteiger charge is -2.23. The molecule has 0 saturated carbocycles. The highest BCUT2D eigenvalue weighted by Crippen LogP contribution is 2.22. The molecule has 1 aromatic rings. The van der Waals surface area contributed by atoms with Crippen LogP contribution in [0, 0.1) is 0 Å². The number of amides is 3. The van der Waals surface area contributed by atoms with Gasteiger partial charge < -0.3 is 10.6 Å². The van der Waals surface area contributed by atoms with Crippen LogP contribution in [0.1, 0.15) is 43.9 Å². The van der Waals surface area contributed by atoms with Crippen LogP contribution in [-0.4, -0.2) is 48.8 Å². The summed E-state index contributed by atoms with van der Waals surface area (Å²) in [6.07, 6.45) is 1.98. The summed E-state index contributed by atoms with van der Waals surface area (Å²) in [6, 6.07) is 4.76. The average molecular weight is 287 g/mol. The Hall–Kier alpha value is -2.21. The Kier molecular flexibility index (Phi) is 3.47. The molecule has 1 saturated heterocycles. The number of fused-ring (bicyclic) bond motifs is 1. The summed E-state index contributed by atoms with van der Waals surface area (Å²) < 4.78 is 0. The van der Waals surface area contributed by atoms with Gasteiger partial charge in [0, 0.05) is 25.2 Å². The molecule has 2 heterocycles. The van der Waals surface area contributed by atoms with E-state index in [0.29, 0.717) is 16.7 Å². The maximum absolute atomic E-state index is 12.2. The molecule has 2 N–H and O–H groups in total. The Bertz CT molecular complexity index is 621. The van der Waals surface area contributed by atoms with E-state index in [-0.39, 0.29) is 23.8 Å². The number of hydrogen-bond acceptors (Lipinski definition) is 4. The van der Waals surface area contributed by atoms with Crippen molar-refractivity contribution in [3.8, 4) is 0 Å². The first-order valence-electron chi connectivity index (χ1n) is 7.06. The minimum Gasteiger partial charge on any atom is -0.348 e. The molecule has 1 aromatic carbocycles. The number of nitrogens with zero attached hydrogens (tertiary/aromatic N) is 1. The molecule has 1 fully saturated rings. The molecule has 2 aliphatic rings. The van der Waals surface area contributed by atoms with Crippen LogP contribution in [0.15, 0.2) is 18.2 Å². The molecule has 6 heteroatoms. The van der Waals surface area contributed by atoms with Crippen molar-refractivity contribution in [2.45, 2.75) is 18.9 Å². The molecule has 1 atom stereocenters. The van der Waals surface area contributed by atoms with Crippen LogP contribution >= 0.6 is 0 Å². The van der Waals surface area contributed by atoms with E-state index >= 15 is 0 Å². The third kappa shape index (κ3) is 2.42. The highest BCUT2D eigenvalue weighted by molar-refractivity contribution is 6.21. The minimum atomic E-state index is -0.357. The molecule has 0 radical (unpaired) electrons. The SMILES string of the molecule is CN1C(=O)c2ccc(C(=O)N[C@H]3CCCNC3)cc2C1=O. The Balaban J connectivity index is 1.79. The van der Waals surface area contributed by atoms with Crippen molar-refractivity contribution in [1.29, 1.82) is 0 Å². The lowest BCUT2D eigenvalue weighted by Crippen LogP contribution is -2.45. The van der Waals surface area contributed by atoms with Crippen LogP contribution in [0.3, 0.4) is 0 Å². The Morgan fingerprint density at radius 2 is 2.05 bits per heavy atom. The number of benzene rings is 1. The van der Waals surface area contributed by atoms with Gasteiger partial charge in [0.25, 0.3) is 17.7 Å². The van der Waals surface area contributed by atoms with Crippen molar-refractivity contribution >= 4 is 17.7 Å². The molecule has 3 amide bonds. The Morgan fingerprint density at radius 1 is 1.29 bits per heavy atom. The van der Waals surface area contributed by atoms with Crippen molar-refractivity contribution in [1.82, 2.24) is 15.5 Å². The molecule has 6 nitrogen and oxygen atoms in total. The highest BCUT2D eigenvalue weighted by atomic mass is 16.2. The van der Waals surface area contributed by atoms with E-state index in [1.807, 2.05) is 0 Å². The molecule has 0 aromatic heterocycles. The van der Waals surface area contributed by atoms with Gasteiger partial charge in [0.1, 0.15) is 0 Å². The molecule has 0 spiro atoms. The van der Waals surface area contributed by atoms with Gasteiger partial charge in [0.2, 0.25) is 0 Å². The number of nitrogens with one attached hydrogen (secondary N) is 2. The summed E-state index contributed by atoms with van der Waals surface area (Å²) in [5.74, 6) is -0.885. The summed E-state index contributed by atoms with van der Waals surface area (Å²) in [5, 5.41) is 6.18. The van der Waals surface area contributed by atoms with Crippen LogP contribution in [0.2, 0.25) is 0 Å². The van der Waals surface area contributed by atoms with Gasteiger partial charge in [-0.3, -0.25) is 19.3 Å². The number of carbonyl (C=O) groups is 3. The number of rotatable bonds is 2. The predicted octanol–water partition coefficient (Wildman–Crippen LogP) is 0.394. The first-order chi connectivity index (χ1) is 10.1. The van der Waals surface area contributed by atoms with E-state index in [2.05, 4.69) is 10.6 Å². The largest absolute Gasteiger partial charge is 0.348 e. The van der Waals surface area contributed by atoms with E-state index in [1.54, 1.807) is 12.1 Å². The van der Waals surface area contributed by atoms with Crippen LogP contribution < -0.4 is 10.6 Å². The summed E-state index contributed by atoms with van der Waals surface area (Å²) in [4.78, 5) is 37.0. The summed E-state index contributed by atoms with van der Waals surface area (Å²) >= 11 is 0. The van der Waals surface area contributed by atoms with E-state index in [4.69, 9.17) is 0 Å². The Morgan fingerprint density at radius 3 is 2.76 bits per heavy atom. The maximum Gasteiger partial charge on any atom is 0.261 e. The first kappa shape index (κ1) is 13.8. The van der Waals surface area contributed by atoms with E-state index in [1.165, 1.54) is 13.1 Å². The van der Waals surface area contributed by atoms with Crippen LogP contribution in [0.5, 0.6) is 0 Å². The average Bonchev–Trinajstić information content (AvgIpc) is 2.73. The quantitative estimate of drug-likeness (QED) is 0.772. The minimum absolute atomic E-state index is 0.111. The molecule has 3 rings (SSSR count). The molecule has 0 bridgehead atoms. The summed E-state index contributed by atoms with van der Waals surface area (Å²) in [6.45, 7) is 1.74. The zero-order chi connectivity index (χ0) is 15.0. The molecular formula is C15H17N3O3. The molecule has 2 aliphatic heterocycles. The molecular weight excluding hydrogens is 270 g/mol. The van der Waals surface area contributed by atoms with Gasteiger partial charge >= 0.3 is 0 Å². The van der Waals surface area contributed by atoms with Crippen molar-refractivity contribution in [3.63, 3.8) is 0 Å². The third-order valence-corrected chi connectivity index (χ3v) is 3.98. The van der Waals surface area contributed by atoms with Gasteiger partial charge in [-0.15, -0.1) is 0 Å². The normalized spacial score (nSPS) is 21.4. The molecule has 21 heavy (non-hydrogen) atoms. The van der Waals surface area contributed by atoms with Gasteiger partial charge in [-0.05, 0) is 37.6 Å². The zero-order valence-corrected chi connectivity index (χ0v) is 11.8. The molecule has 0 aliphatic carbocycles. The second kappa shape index (κ2) is 5.29. The van der Waals surface area contributed by atoms with Crippen molar-refractivity contribution in [2.75, 3.05) is 20.1 Å². The number of imide groups is 1. The zero-order valence-electron chi connectivity index (χ0n) is 11.8. The van der Waals surface area contributed by atoms with Gasteiger partial charge in [-0.1, -0.05) is 0 Å². The van der Waals surface area contributed by atoms with Crippen LogP contribution in [-0.2, 0) is 0 Å². The van der Waals surface area contributed by atoms with Crippen molar-refractivity contribution in [3.05, 3.63) is 34.9 Å². The van der Waals surface area contributed by atoms with Gasteiger partial charge in [-0.25, -0.2) is 0 Å². The predicted molar refractivity (Wildman–Crippen MR) is 76.2 cm³/mol. The highest BCUT2D eigenvalue weighted by Gasteiger charge is 2.33. The van der Waals surface area contributed by atoms with E-state index < -0.39 is 0 Å². The van der Waals surface area contributed by atoms with Crippen molar-refractivity contribution < 1.29 is 14.4 Å². The molecule has 110 valence electrons. The number of piperidine rings is 1. The lowest BCUT2D eigenvalue weighted by molar-refractivity contribution is 0.0693.